The molecular weight excluding hydrogens is 386 g/mol. The van der Waals surface area contributed by atoms with Gasteiger partial charge in [-0.05, 0) is 30.4 Å². The van der Waals surface area contributed by atoms with Crippen molar-refractivity contribution in [3.8, 4) is 0 Å². The van der Waals surface area contributed by atoms with Gasteiger partial charge in [-0.1, -0.05) is 60.7 Å². The number of aromatic nitrogens is 2. The van der Waals surface area contributed by atoms with E-state index in [-0.39, 0.29) is 11.9 Å². The Balaban J connectivity index is 1.51. The topological polar surface area (TPSA) is 53.7 Å². The molecule has 6 nitrogen and oxygen atoms in total. The third-order valence-corrected chi connectivity index (χ3v) is 6.71. The number of guanidine groups is 1. The number of anilines is 1. The van der Waals surface area contributed by atoms with E-state index in [1.54, 1.807) is 4.90 Å². The lowest BCUT2D eigenvalue weighted by atomic mass is 10.0. The van der Waals surface area contributed by atoms with Gasteiger partial charge in [-0.15, -0.1) is 0 Å². The lowest BCUT2D eigenvalue weighted by Crippen LogP contribution is -2.52. The molecular formula is C25H25N5O. The SMILES string of the molecule is CN1C(=O)c2c(Cc3ccccc3)nn(Cc3ccccc3)c2N2C1=NC1CCCC12. The van der Waals surface area contributed by atoms with Crippen LogP contribution in [0.4, 0.5) is 5.82 Å². The molecule has 3 heterocycles. The Bertz CT molecular complexity index is 1170. The van der Waals surface area contributed by atoms with Crippen LogP contribution in [0.3, 0.4) is 0 Å². The van der Waals surface area contributed by atoms with Crippen LogP contribution in [0, 0.1) is 0 Å². The molecule has 6 rings (SSSR count). The van der Waals surface area contributed by atoms with Gasteiger partial charge in [0, 0.05) is 13.5 Å². The van der Waals surface area contributed by atoms with E-state index in [4.69, 9.17) is 10.1 Å². The Labute approximate surface area is 181 Å². The Morgan fingerprint density at radius 1 is 0.968 bits per heavy atom. The zero-order valence-electron chi connectivity index (χ0n) is 17.6. The van der Waals surface area contributed by atoms with Crippen molar-refractivity contribution in [3.05, 3.63) is 83.0 Å². The van der Waals surface area contributed by atoms with Crippen LogP contribution in [0.15, 0.2) is 65.7 Å². The molecule has 3 aromatic rings. The second kappa shape index (κ2) is 7.08. The minimum atomic E-state index is -0.00443. The molecule has 0 N–H and O–H groups in total. The van der Waals surface area contributed by atoms with E-state index >= 15 is 0 Å². The summed E-state index contributed by atoms with van der Waals surface area (Å²) in [7, 11) is 1.85. The fourth-order valence-corrected chi connectivity index (χ4v) is 5.23. The van der Waals surface area contributed by atoms with Crippen LogP contribution in [-0.4, -0.2) is 45.7 Å². The number of nitrogens with zero attached hydrogens (tertiary/aromatic N) is 5. The number of aliphatic imine (C=N–C) groups is 1. The fourth-order valence-electron chi connectivity index (χ4n) is 5.23. The molecule has 2 atom stereocenters. The lowest BCUT2D eigenvalue weighted by Gasteiger charge is -2.36. The highest BCUT2D eigenvalue weighted by Gasteiger charge is 2.49. The average molecular weight is 412 g/mol. The van der Waals surface area contributed by atoms with Crippen LogP contribution in [-0.2, 0) is 13.0 Å². The van der Waals surface area contributed by atoms with Gasteiger partial charge in [0.25, 0.3) is 5.91 Å². The van der Waals surface area contributed by atoms with Gasteiger partial charge < -0.3 is 0 Å². The maximum Gasteiger partial charge on any atom is 0.266 e. The van der Waals surface area contributed by atoms with Gasteiger partial charge in [0.1, 0.15) is 11.4 Å². The molecule has 2 aliphatic heterocycles. The predicted molar refractivity (Wildman–Crippen MR) is 120 cm³/mol. The van der Waals surface area contributed by atoms with Gasteiger partial charge in [0.05, 0.1) is 24.3 Å². The van der Waals surface area contributed by atoms with Gasteiger partial charge in [-0.2, -0.15) is 5.10 Å². The molecule has 1 amide bonds. The number of carbonyl (C=O) groups is 1. The van der Waals surface area contributed by atoms with Gasteiger partial charge in [0.15, 0.2) is 0 Å². The molecule has 0 spiro atoms. The van der Waals surface area contributed by atoms with E-state index in [9.17, 15) is 4.79 Å². The summed E-state index contributed by atoms with van der Waals surface area (Å²) in [5.41, 5.74) is 3.90. The molecule has 1 saturated carbocycles. The van der Waals surface area contributed by atoms with E-state index in [1.807, 2.05) is 48.1 Å². The monoisotopic (exact) mass is 411 g/mol. The summed E-state index contributed by atoms with van der Waals surface area (Å²) in [5.74, 6) is 1.70. The maximum absolute atomic E-state index is 13.5. The third kappa shape index (κ3) is 2.89. The minimum absolute atomic E-state index is 0.00443. The van der Waals surface area contributed by atoms with E-state index < -0.39 is 0 Å². The molecule has 1 fully saturated rings. The minimum Gasteiger partial charge on any atom is -0.291 e. The van der Waals surface area contributed by atoms with Gasteiger partial charge >= 0.3 is 0 Å². The zero-order valence-corrected chi connectivity index (χ0v) is 17.6. The summed E-state index contributed by atoms with van der Waals surface area (Å²) in [4.78, 5) is 22.5. The third-order valence-electron chi connectivity index (χ3n) is 6.71. The molecule has 31 heavy (non-hydrogen) atoms. The molecule has 1 aromatic heterocycles. The summed E-state index contributed by atoms with van der Waals surface area (Å²) in [6, 6.07) is 21.2. The van der Waals surface area contributed by atoms with Crippen molar-refractivity contribution < 1.29 is 4.79 Å². The number of benzene rings is 2. The van der Waals surface area contributed by atoms with Crippen LogP contribution < -0.4 is 4.90 Å². The molecule has 156 valence electrons. The standard InChI is InChI=1S/C25H25N5O/c1-28-24(31)22-20(15-17-9-4-2-5-10-17)27-29(16-18-11-6-3-7-12-18)23(22)30-21-14-8-13-19(21)26-25(28)30/h2-7,9-12,19,21H,8,13-16H2,1H3. The summed E-state index contributed by atoms with van der Waals surface area (Å²) in [6.45, 7) is 0.635. The summed E-state index contributed by atoms with van der Waals surface area (Å²) < 4.78 is 2.03. The largest absolute Gasteiger partial charge is 0.291 e. The number of hydrogen-bond donors (Lipinski definition) is 0. The molecule has 2 unspecified atom stereocenters. The van der Waals surface area contributed by atoms with Crippen LogP contribution in [0.5, 0.6) is 0 Å². The first-order valence-electron chi connectivity index (χ1n) is 11.0. The van der Waals surface area contributed by atoms with Crippen molar-refractivity contribution >= 4 is 17.7 Å². The molecule has 6 heteroatoms. The van der Waals surface area contributed by atoms with Crippen LogP contribution >= 0.6 is 0 Å². The second-order valence-electron chi connectivity index (χ2n) is 8.68. The van der Waals surface area contributed by atoms with Crippen molar-refractivity contribution in [1.29, 1.82) is 0 Å². The van der Waals surface area contributed by atoms with E-state index in [2.05, 4.69) is 29.2 Å². The van der Waals surface area contributed by atoms with Gasteiger partial charge in [-0.25, -0.2) is 9.67 Å². The molecule has 3 aliphatic rings. The zero-order chi connectivity index (χ0) is 20.9. The van der Waals surface area contributed by atoms with E-state index in [0.717, 1.165) is 41.4 Å². The molecule has 2 aromatic carbocycles. The maximum atomic E-state index is 13.5. The fraction of sp³-hybridized carbons (Fsp3) is 0.320. The van der Waals surface area contributed by atoms with Crippen LogP contribution in [0.25, 0.3) is 0 Å². The number of fused-ring (bicyclic) bond motifs is 5. The summed E-state index contributed by atoms with van der Waals surface area (Å²) >= 11 is 0. The Morgan fingerprint density at radius 3 is 2.42 bits per heavy atom. The quantitative estimate of drug-likeness (QED) is 0.658. The first-order valence-corrected chi connectivity index (χ1v) is 11.0. The van der Waals surface area contributed by atoms with Crippen LogP contribution in [0.1, 0.15) is 46.4 Å². The number of hydrogen-bond acceptors (Lipinski definition) is 4. The highest BCUT2D eigenvalue weighted by Crippen LogP contribution is 2.42. The molecule has 0 bridgehead atoms. The summed E-state index contributed by atoms with van der Waals surface area (Å²) in [5, 5.41) is 5.01. The molecule has 1 aliphatic carbocycles. The van der Waals surface area contributed by atoms with Crippen molar-refractivity contribution in [1.82, 2.24) is 14.7 Å². The highest BCUT2D eigenvalue weighted by molar-refractivity contribution is 6.19. The number of carbonyl (C=O) groups excluding carboxylic acids is 1. The van der Waals surface area contributed by atoms with Crippen molar-refractivity contribution in [2.24, 2.45) is 4.99 Å². The van der Waals surface area contributed by atoms with E-state index in [0.29, 0.717) is 19.0 Å². The van der Waals surface area contributed by atoms with Crippen molar-refractivity contribution in [2.45, 2.75) is 44.3 Å². The summed E-state index contributed by atoms with van der Waals surface area (Å²) in [6.07, 6.45) is 4.01. The average Bonchev–Trinajstić information content (AvgIpc) is 3.47. The van der Waals surface area contributed by atoms with Gasteiger partial charge in [0.2, 0.25) is 5.96 Å². The van der Waals surface area contributed by atoms with Crippen molar-refractivity contribution in [2.75, 3.05) is 11.9 Å². The van der Waals surface area contributed by atoms with Gasteiger partial charge in [-0.3, -0.25) is 14.6 Å². The van der Waals surface area contributed by atoms with Crippen molar-refractivity contribution in [3.63, 3.8) is 0 Å². The van der Waals surface area contributed by atoms with E-state index in [1.165, 1.54) is 12.0 Å². The first kappa shape index (κ1) is 18.4. The smallest absolute Gasteiger partial charge is 0.266 e. The Morgan fingerprint density at radius 2 is 1.68 bits per heavy atom. The highest BCUT2D eigenvalue weighted by atomic mass is 16.2. The lowest BCUT2D eigenvalue weighted by molar-refractivity contribution is 0.0864. The van der Waals surface area contributed by atoms with Crippen LogP contribution in [0.2, 0.25) is 0 Å². The molecule has 0 saturated heterocycles. The number of amides is 1. The predicted octanol–water partition coefficient (Wildman–Crippen LogP) is 3.70. The second-order valence-corrected chi connectivity index (χ2v) is 8.68. The Kier molecular flexibility index (Phi) is 4.19. The molecule has 0 radical (unpaired) electrons. The normalized spacial score (nSPS) is 21.7. The Hall–Kier alpha value is -3.41. The first-order chi connectivity index (χ1) is 15.2. The number of rotatable bonds is 4.